The minimum absolute atomic E-state index is 0.0603. The molecule has 3 N–H and O–H groups in total. The standard InChI is InChI=1S/C54H105NO3/c1-3-5-7-9-11-13-15-17-19-21-23-25-27-29-31-33-35-37-39-41-43-45-47-49-53(57)52(51-56)55-54(58)50-48-46-44-42-40-38-36-34-32-30-28-26-24-22-20-18-16-14-12-10-8-6-4-2/h22,24,47,49,52-53,56-57H,3-21,23,25-46,48,50-51H2,1-2H3,(H,55,58)/b24-22-,49-47+. The minimum Gasteiger partial charge on any atom is -0.394 e. The molecule has 4 heteroatoms. The lowest BCUT2D eigenvalue weighted by atomic mass is 10.0. The number of carbonyl (C=O) groups is 1. The molecule has 0 aliphatic carbocycles. The Morgan fingerprint density at radius 3 is 0.948 bits per heavy atom. The average molecular weight is 816 g/mol. The summed E-state index contributed by atoms with van der Waals surface area (Å²) < 4.78 is 0. The van der Waals surface area contributed by atoms with Crippen molar-refractivity contribution in [1.29, 1.82) is 0 Å². The number of allylic oxidation sites excluding steroid dienone is 3. The van der Waals surface area contributed by atoms with Gasteiger partial charge in [-0.1, -0.05) is 269 Å². The van der Waals surface area contributed by atoms with Gasteiger partial charge in [0.1, 0.15) is 0 Å². The van der Waals surface area contributed by atoms with Crippen molar-refractivity contribution >= 4 is 5.91 Å². The van der Waals surface area contributed by atoms with Crippen molar-refractivity contribution in [3.05, 3.63) is 24.3 Å². The molecular formula is C54H105NO3. The van der Waals surface area contributed by atoms with E-state index in [-0.39, 0.29) is 12.5 Å². The number of aliphatic hydroxyl groups excluding tert-OH is 2. The average Bonchev–Trinajstić information content (AvgIpc) is 3.23. The lowest BCUT2D eigenvalue weighted by Crippen LogP contribution is -2.45. The second kappa shape index (κ2) is 50.2. The normalized spacial score (nSPS) is 13.0. The lowest BCUT2D eigenvalue weighted by Gasteiger charge is -2.20. The highest BCUT2D eigenvalue weighted by molar-refractivity contribution is 5.76. The zero-order valence-electron chi connectivity index (χ0n) is 39.6. The van der Waals surface area contributed by atoms with Crippen LogP contribution < -0.4 is 5.32 Å². The predicted octanol–water partition coefficient (Wildman–Crippen LogP) is 17.1. The van der Waals surface area contributed by atoms with Gasteiger partial charge in [-0.2, -0.15) is 0 Å². The Labute approximate surface area is 364 Å². The van der Waals surface area contributed by atoms with Gasteiger partial charge in [0.15, 0.2) is 0 Å². The lowest BCUT2D eigenvalue weighted by molar-refractivity contribution is -0.123. The van der Waals surface area contributed by atoms with Crippen molar-refractivity contribution in [2.75, 3.05) is 6.61 Å². The van der Waals surface area contributed by atoms with Crippen LogP contribution in [0.25, 0.3) is 0 Å². The quantitative estimate of drug-likeness (QED) is 0.0423. The number of aliphatic hydroxyl groups is 2. The Morgan fingerprint density at radius 1 is 0.397 bits per heavy atom. The van der Waals surface area contributed by atoms with E-state index in [1.165, 1.54) is 250 Å². The fourth-order valence-corrected chi connectivity index (χ4v) is 8.35. The van der Waals surface area contributed by atoms with Gasteiger partial charge in [-0.25, -0.2) is 0 Å². The van der Waals surface area contributed by atoms with Gasteiger partial charge < -0.3 is 15.5 Å². The summed E-state index contributed by atoms with van der Waals surface area (Å²) in [7, 11) is 0. The zero-order chi connectivity index (χ0) is 42.1. The third-order valence-corrected chi connectivity index (χ3v) is 12.4. The summed E-state index contributed by atoms with van der Waals surface area (Å²) in [5.74, 6) is -0.0603. The molecule has 2 atom stereocenters. The second-order valence-corrected chi connectivity index (χ2v) is 18.3. The van der Waals surface area contributed by atoms with Crippen molar-refractivity contribution in [2.45, 2.75) is 309 Å². The van der Waals surface area contributed by atoms with Crippen molar-refractivity contribution in [2.24, 2.45) is 0 Å². The Balaban J connectivity index is 3.49. The summed E-state index contributed by atoms with van der Waals surface area (Å²) in [6.07, 6.45) is 66.1. The molecule has 0 aromatic heterocycles. The molecule has 2 unspecified atom stereocenters. The summed E-state index contributed by atoms with van der Waals surface area (Å²) >= 11 is 0. The van der Waals surface area contributed by atoms with Crippen LogP contribution in [0.4, 0.5) is 0 Å². The molecule has 0 aromatic rings. The van der Waals surface area contributed by atoms with Gasteiger partial charge in [-0.3, -0.25) is 4.79 Å². The van der Waals surface area contributed by atoms with Gasteiger partial charge in [-0.15, -0.1) is 0 Å². The number of rotatable bonds is 49. The van der Waals surface area contributed by atoms with E-state index in [2.05, 4.69) is 31.3 Å². The van der Waals surface area contributed by atoms with Crippen LogP contribution in [0, 0.1) is 0 Å². The maximum atomic E-state index is 12.4. The molecular weight excluding hydrogens is 711 g/mol. The molecule has 0 radical (unpaired) electrons. The van der Waals surface area contributed by atoms with E-state index in [0.717, 1.165) is 25.7 Å². The number of unbranched alkanes of at least 4 members (excludes halogenated alkanes) is 40. The Kier molecular flexibility index (Phi) is 49.2. The van der Waals surface area contributed by atoms with Gasteiger partial charge >= 0.3 is 0 Å². The van der Waals surface area contributed by atoms with Crippen LogP contribution in [0.1, 0.15) is 296 Å². The van der Waals surface area contributed by atoms with Crippen molar-refractivity contribution < 1.29 is 15.0 Å². The van der Waals surface area contributed by atoms with E-state index >= 15 is 0 Å². The van der Waals surface area contributed by atoms with E-state index in [1.807, 2.05) is 6.08 Å². The summed E-state index contributed by atoms with van der Waals surface area (Å²) in [6, 6.07) is -0.621. The van der Waals surface area contributed by atoms with Gasteiger partial charge in [0.05, 0.1) is 18.8 Å². The van der Waals surface area contributed by atoms with Crippen LogP contribution in [-0.4, -0.2) is 34.9 Å². The molecule has 0 aliphatic heterocycles. The summed E-state index contributed by atoms with van der Waals surface area (Å²) in [4.78, 5) is 12.4. The zero-order valence-corrected chi connectivity index (χ0v) is 39.6. The fourth-order valence-electron chi connectivity index (χ4n) is 8.35. The second-order valence-electron chi connectivity index (χ2n) is 18.3. The molecule has 0 spiro atoms. The number of nitrogens with one attached hydrogen (secondary N) is 1. The monoisotopic (exact) mass is 816 g/mol. The molecule has 0 saturated carbocycles. The molecule has 0 aliphatic rings. The summed E-state index contributed by atoms with van der Waals surface area (Å²) in [5, 5.41) is 23.2. The van der Waals surface area contributed by atoms with E-state index in [1.54, 1.807) is 6.08 Å². The van der Waals surface area contributed by atoms with Gasteiger partial charge in [0, 0.05) is 6.42 Å². The topological polar surface area (TPSA) is 69.6 Å². The molecule has 58 heavy (non-hydrogen) atoms. The predicted molar refractivity (Wildman–Crippen MR) is 258 cm³/mol. The van der Waals surface area contributed by atoms with E-state index in [9.17, 15) is 15.0 Å². The van der Waals surface area contributed by atoms with Crippen molar-refractivity contribution in [3.63, 3.8) is 0 Å². The van der Waals surface area contributed by atoms with E-state index in [0.29, 0.717) is 6.42 Å². The third-order valence-electron chi connectivity index (χ3n) is 12.4. The van der Waals surface area contributed by atoms with Crippen LogP contribution >= 0.6 is 0 Å². The highest BCUT2D eigenvalue weighted by atomic mass is 16.3. The number of carbonyl (C=O) groups excluding carboxylic acids is 1. The van der Waals surface area contributed by atoms with Crippen LogP contribution in [-0.2, 0) is 4.79 Å². The third kappa shape index (κ3) is 45.9. The van der Waals surface area contributed by atoms with Crippen LogP contribution in [0.5, 0.6) is 0 Å². The maximum Gasteiger partial charge on any atom is 0.220 e. The van der Waals surface area contributed by atoms with Crippen LogP contribution in [0.2, 0.25) is 0 Å². The van der Waals surface area contributed by atoms with Crippen LogP contribution in [0.3, 0.4) is 0 Å². The molecule has 4 nitrogen and oxygen atoms in total. The smallest absolute Gasteiger partial charge is 0.220 e. The van der Waals surface area contributed by atoms with E-state index in [4.69, 9.17) is 0 Å². The van der Waals surface area contributed by atoms with Crippen molar-refractivity contribution in [3.8, 4) is 0 Å². The highest BCUT2D eigenvalue weighted by Crippen LogP contribution is 2.17. The van der Waals surface area contributed by atoms with Crippen LogP contribution in [0.15, 0.2) is 24.3 Å². The molecule has 0 bridgehead atoms. The first-order valence-corrected chi connectivity index (χ1v) is 26.6. The molecule has 0 aromatic carbocycles. The molecule has 1 amide bonds. The molecule has 0 rings (SSSR count). The molecule has 0 heterocycles. The molecule has 344 valence electrons. The highest BCUT2D eigenvalue weighted by Gasteiger charge is 2.18. The first-order chi connectivity index (χ1) is 28.7. The summed E-state index contributed by atoms with van der Waals surface area (Å²) in [5.41, 5.74) is 0. The van der Waals surface area contributed by atoms with Crippen molar-refractivity contribution in [1.82, 2.24) is 5.32 Å². The SMILES string of the molecule is CCCCCCCCCC/C=C\CCCCCCCCCCCCCC(=O)NC(CO)C(O)/C=C/CCCCCCCCCCCCCCCCCCCCCCC. The number of amides is 1. The molecule has 0 fully saturated rings. The maximum absolute atomic E-state index is 12.4. The minimum atomic E-state index is -0.838. The number of hydrogen-bond acceptors (Lipinski definition) is 3. The summed E-state index contributed by atoms with van der Waals surface area (Å²) in [6.45, 7) is 4.34. The Bertz CT molecular complexity index is 840. The Hall–Kier alpha value is -1.13. The van der Waals surface area contributed by atoms with Gasteiger partial charge in [0.2, 0.25) is 5.91 Å². The first-order valence-electron chi connectivity index (χ1n) is 26.6. The first kappa shape index (κ1) is 56.9. The Morgan fingerprint density at radius 2 is 0.655 bits per heavy atom. The number of hydrogen-bond donors (Lipinski definition) is 3. The fraction of sp³-hybridized carbons (Fsp3) is 0.907. The van der Waals surface area contributed by atoms with Gasteiger partial charge in [0.25, 0.3) is 0 Å². The largest absolute Gasteiger partial charge is 0.394 e. The van der Waals surface area contributed by atoms with Gasteiger partial charge in [-0.05, 0) is 44.9 Å². The molecule has 0 saturated heterocycles. The van der Waals surface area contributed by atoms with E-state index < -0.39 is 12.1 Å².